The first-order valence-corrected chi connectivity index (χ1v) is 10.2. The van der Waals surface area contributed by atoms with E-state index in [0.717, 1.165) is 46.6 Å². The van der Waals surface area contributed by atoms with E-state index in [9.17, 15) is 4.79 Å². The fraction of sp³-hybridized carbons (Fsp3) is 0.391. The van der Waals surface area contributed by atoms with E-state index in [2.05, 4.69) is 35.9 Å². The SMILES string of the molecule is Cc1cccc(C)c1OCCn1c(CNC(=O)C2CCCO2)nc2ccccc21. The van der Waals surface area contributed by atoms with Gasteiger partial charge in [0.05, 0.1) is 24.1 Å². The lowest BCUT2D eigenvalue weighted by atomic mass is 10.1. The lowest BCUT2D eigenvalue weighted by Gasteiger charge is -2.15. The minimum atomic E-state index is -0.333. The van der Waals surface area contributed by atoms with Crippen molar-refractivity contribution in [2.24, 2.45) is 0 Å². The Kier molecular flexibility index (Phi) is 5.81. The minimum absolute atomic E-state index is 0.0621. The van der Waals surface area contributed by atoms with Crippen LogP contribution >= 0.6 is 0 Å². The summed E-state index contributed by atoms with van der Waals surface area (Å²) < 4.78 is 13.7. The van der Waals surface area contributed by atoms with Crippen molar-refractivity contribution in [1.82, 2.24) is 14.9 Å². The molecule has 0 saturated carbocycles. The number of amides is 1. The third kappa shape index (κ3) is 4.27. The first-order valence-electron chi connectivity index (χ1n) is 10.2. The van der Waals surface area contributed by atoms with Gasteiger partial charge < -0.3 is 19.4 Å². The molecular formula is C23H27N3O3. The molecule has 1 aliphatic heterocycles. The van der Waals surface area contributed by atoms with E-state index in [4.69, 9.17) is 14.5 Å². The molecule has 1 fully saturated rings. The number of benzene rings is 2. The number of aromatic nitrogens is 2. The second kappa shape index (κ2) is 8.66. The highest BCUT2D eigenvalue weighted by atomic mass is 16.5. The molecule has 1 aliphatic rings. The summed E-state index contributed by atoms with van der Waals surface area (Å²) in [7, 11) is 0. The molecule has 6 nitrogen and oxygen atoms in total. The lowest BCUT2D eigenvalue weighted by Crippen LogP contribution is -2.34. The van der Waals surface area contributed by atoms with E-state index in [0.29, 0.717) is 26.3 Å². The molecule has 2 heterocycles. The van der Waals surface area contributed by atoms with Gasteiger partial charge in [0.2, 0.25) is 5.91 Å². The molecule has 3 aromatic rings. The third-order valence-corrected chi connectivity index (χ3v) is 5.35. The van der Waals surface area contributed by atoms with Gasteiger partial charge in [0.1, 0.15) is 24.3 Å². The predicted octanol–water partition coefficient (Wildman–Crippen LogP) is 3.53. The smallest absolute Gasteiger partial charge is 0.249 e. The highest BCUT2D eigenvalue weighted by molar-refractivity contribution is 5.81. The van der Waals surface area contributed by atoms with Crippen LogP contribution in [0.25, 0.3) is 11.0 Å². The molecule has 2 aromatic carbocycles. The van der Waals surface area contributed by atoms with E-state index in [-0.39, 0.29) is 12.0 Å². The second-order valence-corrected chi connectivity index (χ2v) is 7.46. The fourth-order valence-electron chi connectivity index (χ4n) is 3.84. The normalized spacial score (nSPS) is 16.3. The number of carbonyl (C=O) groups excluding carboxylic acids is 1. The predicted molar refractivity (Wildman–Crippen MR) is 112 cm³/mol. The Hall–Kier alpha value is -2.86. The van der Waals surface area contributed by atoms with Crippen LogP contribution in [0.4, 0.5) is 0 Å². The van der Waals surface area contributed by atoms with Gasteiger partial charge in [-0.25, -0.2) is 4.98 Å². The summed E-state index contributed by atoms with van der Waals surface area (Å²) in [4.78, 5) is 17.0. The maximum atomic E-state index is 12.3. The summed E-state index contributed by atoms with van der Waals surface area (Å²) in [5.41, 5.74) is 4.22. The zero-order valence-corrected chi connectivity index (χ0v) is 17.0. The molecule has 1 unspecified atom stereocenters. The summed E-state index contributed by atoms with van der Waals surface area (Å²) in [5.74, 6) is 1.70. The summed E-state index contributed by atoms with van der Waals surface area (Å²) in [6.45, 7) is 6.32. The first-order chi connectivity index (χ1) is 14.1. The molecule has 152 valence electrons. The van der Waals surface area contributed by atoms with Crippen LogP contribution in [0.3, 0.4) is 0 Å². The van der Waals surface area contributed by atoms with Gasteiger partial charge in [0.25, 0.3) is 0 Å². The van der Waals surface area contributed by atoms with Gasteiger partial charge in [-0.1, -0.05) is 30.3 Å². The molecule has 6 heteroatoms. The number of rotatable bonds is 7. The molecule has 0 aliphatic carbocycles. The number of imidazole rings is 1. The number of para-hydroxylation sites is 3. The lowest BCUT2D eigenvalue weighted by molar-refractivity contribution is -0.130. The van der Waals surface area contributed by atoms with Crippen LogP contribution in [0.15, 0.2) is 42.5 Å². The van der Waals surface area contributed by atoms with Crippen molar-refractivity contribution in [2.45, 2.75) is 45.9 Å². The molecule has 4 rings (SSSR count). The molecule has 0 spiro atoms. The van der Waals surface area contributed by atoms with E-state index >= 15 is 0 Å². The van der Waals surface area contributed by atoms with Crippen LogP contribution in [0.5, 0.6) is 5.75 Å². The molecule has 0 radical (unpaired) electrons. The monoisotopic (exact) mass is 393 g/mol. The van der Waals surface area contributed by atoms with Crippen LogP contribution in [-0.2, 0) is 22.6 Å². The average Bonchev–Trinajstić information content (AvgIpc) is 3.37. The Morgan fingerprint density at radius 2 is 2.00 bits per heavy atom. The van der Waals surface area contributed by atoms with Gasteiger partial charge in [0, 0.05) is 6.61 Å². The van der Waals surface area contributed by atoms with E-state index in [1.165, 1.54) is 0 Å². The number of hydrogen-bond acceptors (Lipinski definition) is 4. The van der Waals surface area contributed by atoms with E-state index in [1.807, 2.05) is 30.3 Å². The molecule has 1 saturated heterocycles. The maximum Gasteiger partial charge on any atom is 0.249 e. The Morgan fingerprint density at radius 3 is 2.76 bits per heavy atom. The minimum Gasteiger partial charge on any atom is -0.491 e. The number of carbonyl (C=O) groups is 1. The summed E-state index contributed by atoms with van der Waals surface area (Å²) in [5, 5.41) is 2.98. The first kappa shape index (κ1) is 19.5. The highest BCUT2D eigenvalue weighted by Crippen LogP contribution is 2.23. The van der Waals surface area contributed by atoms with Crippen LogP contribution in [0.2, 0.25) is 0 Å². The summed E-state index contributed by atoms with van der Waals surface area (Å²) in [6, 6.07) is 14.2. The zero-order chi connectivity index (χ0) is 20.2. The standard InChI is InChI=1S/C23H27N3O3/c1-16-7-5-8-17(2)22(16)29-14-12-26-19-10-4-3-9-18(19)25-21(26)15-24-23(27)20-11-6-13-28-20/h3-5,7-10,20H,6,11-15H2,1-2H3,(H,24,27). The Bertz CT molecular complexity index is 986. The largest absolute Gasteiger partial charge is 0.491 e. The number of aryl methyl sites for hydroxylation is 2. The second-order valence-electron chi connectivity index (χ2n) is 7.46. The molecule has 1 atom stereocenters. The number of fused-ring (bicyclic) bond motifs is 1. The van der Waals surface area contributed by atoms with Crippen LogP contribution < -0.4 is 10.1 Å². The number of nitrogens with zero attached hydrogens (tertiary/aromatic N) is 2. The van der Waals surface area contributed by atoms with E-state index in [1.54, 1.807) is 0 Å². The van der Waals surface area contributed by atoms with E-state index < -0.39 is 0 Å². The maximum absolute atomic E-state index is 12.3. The van der Waals surface area contributed by atoms with Crippen LogP contribution in [-0.4, -0.2) is 34.8 Å². The van der Waals surface area contributed by atoms with Gasteiger partial charge in [-0.2, -0.15) is 0 Å². The number of hydrogen-bond donors (Lipinski definition) is 1. The molecule has 1 amide bonds. The summed E-state index contributed by atoms with van der Waals surface area (Å²) in [6.07, 6.45) is 1.39. The van der Waals surface area contributed by atoms with Crippen molar-refractivity contribution >= 4 is 16.9 Å². The van der Waals surface area contributed by atoms with Crippen LogP contribution in [0, 0.1) is 13.8 Å². The zero-order valence-electron chi connectivity index (χ0n) is 17.0. The highest BCUT2D eigenvalue weighted by Gasteiger charge is 2.23. The van der Waals surface area contributed by atoms with Gasteiger partial charge in [-0.15, -0.1) is 0 Å². The van der Waals surface area contributed by atoms with Crippen molar-refractivity contribution in [3.05, 3.63) is 59.4 Å². The van der Waals surface area contributed by atoms with Gasteiger partial charge >= 0.3 is 0 Å². The molecule has 0 bridgehead atoms. The number of ether oxygens (including phenoxy) is 2. The molecular weight excluding hydrogens is 366 g/mol. The van der Waals surface area contributed by atoms with Crippen molar-refractivity contribution in [3.8, 4) is 5.75 Å². The van der Waals surface area contributed by atoms with Gasteiger partial charge in [0.15, 0.2) is 0 Å². The third-order valence-electron chi connectivity index (χ3n) is 5.35. The molecule has 29 heavy (non-hydrogen) atoms. The Balaban J connectivity index is 1.48. The molecule has 1 aromatic heterocycles. The Morgan fingerprint density at radius 1 is 1.21 bits per heavy atom. The molecule has 1 N–H and O–H groups in total. The summed E-state index contributed by atoms with van der Waals surface area (Å²) >= 11 is 0. The fourth-order valence-corrected chi connectivity index (χ4v) is 3.84. The van der Waals surface area contributed by atoms with Crippen molar-refractivity contribution in [2.75, 3.05) is 13.2 Å². The Labute approximate surface area is 170 Å². The topological polar surface area (TPSA) is 65.4 Å². The quantitative estimate of drug-likeness (QED) is 0.667. The van der Waals surface area contributed by atoms with Crippen molar-refractivity contribution in [1.29, 1.82) is 0 Å². The van der Waals surface area contributed by atoms with Crippen molar-refractivity contribution in [3.63, 3.8) is 0 Å². The van der Waals surface area contributed by atoms with Crippen LogP contribution in [0.1, 0.15) is 29.8 Å². The van der Waals surface area contributed by atoms with Crippen molar-refractivity contribution < 1.29 is 14.3 Å². The average molecular weight is 393 g/mol. The number of nitrogens with one attached hydrogen (secondary N) is 1. The van der Waals surface area contributed by atoms with Gasteiger partial charge in [-0.3, -0.25) is 4.79 Å². The van der Waals surface area contributed by atoms with Gasteiger partial charge in [-0.05, 0) is 49.9 Å².